The summed E-state index contributed by atoms with van der Waals surface area (Å²) >= 11 is 0. The van der Waals surface area contributed by atoms with Gasteiger partial charge in [-0.3, -0.25) is 4.79 Å². The number of likely N-dealkylation sites (tertiary alicyclic amines) is 1. The molecule has 1 fully saturated rings. The molecule has 8 nitrogen and oxygen atoms in total. The number of amides is 1. The van der Waals surface area contributed by atoms with E-state index in [-0.39, 0.29) is 17.5 Å². The first-order valence-electron chi connectivity index (χ1n) is 8.36. The minimum absolute atomic E-state index is 0.158. The fourth-order valence-corrected chi connectivity index (χ4v) is 3.30. The summed E-state index contributed by atoms with van der Waals surface area (Å²) in [6, 6.07) is 0. The lowest BCUT2D eigenvalue weighted by atomic mass is 9.96. The summed E-state index contributed by atoms with van der Waals surface area (Å²) in [4.78, 5) is 14.2. The third kappa shape index (κ3) is 2.80. The highest BCUT2D eigenvalue weighted by Crippen LogP contribution is 2.38. The van der Waals surface area contributed by atoms with Crippen LogP contribution in [0.5, 0.6) is 0 Å². The van der Waals surface area contributed by atoms with Crippen LogP contribution >= 0.6 is 0 Å². The molecule has 0 N–H and O–H groups in total. The van der Waals surface area contributed by atoms with Crippen LogP contribution in [-0.2, 0) is 22.7 Å². The first kappa shape index (κ1) is 15.3. The summed E-state index contributed by atoms with van der Waals surface area (Å²) in [6.07, 6.45) is 7.80. The van der Waals surface area contributed by atoms with Crippen molar-refractivity contribution in [2.24, 2.45) is 10.2 Å². The second-order valence-electron chi connectivity index (χ2n) is 6.56. The number of aromatic nitrogens is 3. The molecule has 4 rings (SSSR count). The molecule has 8 heteroatoms. The molecule has 0 atom stereocenters. The summed E-state index contributed by atoms with van der Waals surface area (Å²) < 4.78 is 7.51. The SMILES string of the molecule is C#CCCC1(CCC(=O)N2CC(c3nnc4n3CCOC4)C2)N=N1. The van der Waals surface area contributed by atoms with Crippen LogP contribution in [-0.4, -0.2) is 50.9 Å². The van der Waals surface area contributed by atoms with E-state index in [1.165, 1.54) is 0 Å². The molecule has 1 amide bonds. The highest BCUT2D eigenvalue weighted by molar-refractivity contribution is 5.77. The van der Waals surface area contributed by atoms with E-state index >= 15 is 0 Å². The summed E-state index contributed by atoms with van der Waals surface area (Å²) in [5.74, 6) is 4.90. The molecule has 4 heterocycles. The van der Waals surface area contributed by atoms with Crippen LogP contribution in [0.15, 0.2) is 10.2 Å². The Balaban J connectivity index is 1.26. The Morgan fingerprint density at radius 3 is 2.92 bits per heavy atom. The van der Waals surface area contributed by atoms with E-state index in [9.17, 15) is 4.79 Å². The van der Waals surface area contributed by atoms with Crippen molar-refractivity contribution in [2.75, 3.05) is 19.7 Å². The van der Waals surface area contributed by atoms with E-state index in [4.69, 9.17) is 11.2 Å². The number of carbonyl (C=O) groups is 1. The molecule has 126 valence electrons. The summed E-state index contributed by atoms with van der Waals surface area (Å²) in [7, 11) is 0. The smallest absolute Gasteiger partial charge is 0.222 e. The zero-order chi connectivity index (χ0) is 16.6. The molecule has 0 aromatic carbocycles. The van der Waals surface area contributed by atoms with Crippen molar-refractivity contribution in [1.82, 2.24) is 19.7 Å². The first-order chi connectivity index (χ1) is 11.7. The van der Waals surface area contributed by atoms with Crippen LogP contribution in [0.4, 0.5) is 0 Å². The second kappa shape index (κ2) is 5.98. The fraction of sp³-hybridized carbons (Fsp3) is 0.688. The molecule has 0 bridgehead atoms. The minimum atomic E-state index is -0.377. The second-order valence-corrected chi connectivity index (χ2v) is 6.56. The average Bonchev–Trinajstić information content (AvgIpc) is 3.22. The van der Waals surface area contributed by atoms with Gasteiger partial charge in [0.2, 0.25) is 5.91 Å². The van der Waals surface area contributed by atoms with Crippen molar-refractivity contribution in [3.05, 3.63) is 11.6 Å². The lowest BCUT2D eigenvalue weighted by molar-refractivity contribution is -0.136. The topological polar surface area (TPSA) is 85.0 Å². The molecule has 1 aromatic rings. The maximum Gasteiger partial charge on any atom is 0.222 e. The van der Waals surface area contributed by atoms with Crippen molar-refractivity contribution in [3.8, 4) is 12.3 Å². The van der Waals surface area contributed by atoms with Crippen molar-refractivity contribution in [1.29, 1.82) is 0 Å². The summed E-state index contributed by atoms with van der Waals surface area (Å²) in [5.41, 5.74) is -0.377. The molecule has 1 aromatic heterocycles. The number of hydrogen-bond acceptors (Lipinski definition) is 6. The van der Waals surface area contributed by atoms with Crippen LogP contribution in [0.1, 0.15) is 43.3 Å². The third-order valence-electron chi connectivity index (χ3n) is 4.94. The summed E-state index contributed by atoms with van der Waals surface area (Å²) in [5, 5.41) is 16.6. The van der Waals surface area contributed by atoms with Gasteiger partial charge in [-0.05, 0) is 0 Å². The minimum Gasteiger partial charge on any atom is -0.372 e. The highest BCUT2D eigenvalue weighted by atomic mass is 16.5. The van der Waals surface area contributed by atoms with Gasteiger partial charge in [-0.15, -0.1) is 22.5 Å². The zero-order valence-corrected chi connectivity index (χ0v) is 13.5. The normalized spacial score (nSPS) is 21.0. The predicted molar refractivity (Wildman–Crippen MR) is 83.9 cm³/mol. The lowest BCUT2D eigenvalue weighted by Gasteiger charge is -2.39. The third-order valence-corrected chi connectivity index (χ3v) is 4.94. The highest BCUT2D eigenvalue weighted by Gasteiger charge is 2.41. The Hall–Kier alpha value is -2.27. The molecule has 1 saturated heterocycles. The summed E-state index contributed by atoms with van der Waals surface area (Å²) in [6.45, 7) is 3.44. The van der Waals surface area contributed by atoms with Crippen LogP contribution in [0.25, 0.3) is 0 Å². The van der Waals surface area contributed by atoms with E-state index in [1.54, 1.807) is 0 Å². The standard InChI is InChI=1S/C16H20N6O2/c1-2-3-5-16(19-20-16)6-4-14(23)21-9-12(10-21)15-18-17-13-11-24-8-7-22(13)15/h1,12H,3-11H2. The van der Waals surface area contributed by atoms with Gasteiger partial charge in [-0.1, -0.05) is 0 Å². The molecule has 0 spiro atoms. The number of terminal acetylenes is 1. The molecule has 0 radical (unpaired) electrons. The quantitative estimate of drug-likeness (QED) is 0.732. The van der Waals surface area contributed by atoms with Gasteiger partial charge >= 0.3 is 0 Å². The Bertz CT molecular complexity index is 707. The van der Waals surface area contributed by atoms with E-state index in [1.807, 2.05) is 4.90 Å². The molecule has 3 aliphatic heterocycles. The monoisotopic (exact) mass is 328 g/mol. The fourth-order valence-electron chi connectivity index (χ4n) is 3.30. The van der Waals surface area contributed by atoms with Gasteiger partial charge in [0, 0.05) is 45.3 Å². The molecular weight excluding hydrogens is 308 g/mol. The number of hydrogen-bond donors (Lipinski definition) is 0. The van der Waals surface area contributed by atoms with Gasteiger partial charge in [0.1, 0.15) is 12.4 Å². The van der Waals surface area contributed by atoms with E-state index < -0.39 is 0 Å². The van der Waals surface area contributed by atoms with Crippen LogP contribution in [0.2, 0.25) is 0 Å². The zero-order valence-electron chi connectivity index (χ0n) is 13.5. The van der Waals surface area contributed by atoms with Gasteiger partial charge in [-0.2, -0.15) is 10.2 Å². The Labute approximate surface area is 140 Å². The Morgan fingerprint density at radius 2 is 2.17 bits per heavy atom. The van der Waals surface area contributed by atoms with Gasteiger partial charge in [0.05, 0.1) is 12.5 Å². The molecule has 0 unspecified atom stereocenters. The predicted octanol–water partition coefficient (Wildman–Crippen LogP) is 1.09. The molecule has 3 aliphatic rings. The van der Waals surface area contributed by atoms with Crippen molar-refractivity contribution < 1.29 is 9.53 Å². The maximum absolute atomic E-state index is 12.3. The van der Waals surface area contributed by atoms with Crippen LogP contribution in [0, 0.1) is 12.3 Å². The maximum atomic E-state index is 12.3. The molecule has 24 heavy (non-hydrogen) atoms. The van der Waals surface area contributed by atoms with Crippen molar-refractivity contribution >= 4 is 5.91 Å². The van der Waals surface area contributed by atoms with Gasteiger partial charge in [0.25, 0.3) is 0 Å². The molecule has 0 saturated carbocycles. The van der Waals surface area contributed by atoms with Crippen molar-refractivity contribution in [2.45, 2.75) is 50.4 Å². The number of rotatable bonds is 6. The largest absolute Gasteiger partial charge is 0.372 e. The molecule has 0 aliphatic carbocycles. The van der Waals surface area contributed by atoms with Gasteiger partial charge in [0.15, 0.2) is 11.5 Å². The number of fused-ring (bicyclic) bond motifs is 1. The van der Waals surface area contributed by atoms with Gasteiger partial charge < -0.3 is 14.2 Å². The number of carbonyl (C=O) groups excluding carboxylic acids is 1. The number of nitrogens with zero attached hydrogens (tertiary/aromatic N) is 6. The van der Waals surface area contributed by atoms with E-state index in [2.05, 4.69) is 30.9 Å². The van der Waals surface area contributed by atoms with E-state index in [0.717, 1.165) is 24.6 Å². The first-order valence-corrected chi connectivity index (χ1v) is 8.36. The van der Waals surface area contributed by atoms with Crippen molar-refractivity contribution in [3.63, 3.8) is 0 Å². The number of ether oxygens (including phenoxy) is 1. The lowest BCUT2D eigenvalue weighted by Crippen LogP contribution is -2.49. The van der Waals surface area contributed by atoms with Gasteiger partial charge in [-0.25, -0.2) is 0 Å². The average molecular weight is 328 g/mol. The van der Waals surface area contributed by atoms with Crippen LogP contribution in [0.3, 0.4) is 0 Å². The Kier molecular flexibility index (Phi) is 3.81. The van der Waals surface area contributed by atoms with Crippen LogP contribution < -0.4 is 0 Å². The Morgan fingerprint density at radius 1 is 1.33 bits per heavy atom. The molecular formula is C16H20N6O2. The van der Waals surface area contributed by atoms with E-state index in [0.29, 0.717) is 45.6 Å².